The van der Waals surface area contributed by atoms with Crippen LogP contribution in [0.2, 0.25) is 0 Å². The normalized spacial score (nSPS) is 12.7. The van der Waals surface area contributed by atoms with E-state index in [0.717, 1.165) is 25.7 Å². The zero-order chi connectivity index (χ0) is 17.3. The number of hydrogen-bond donors (Lipinski definition) is 1. The third-order valence-electron chi connectivity index (χ3n) is 3.35. The number of Topliss-reactive ketones (excluding diaryl/α,β-unsaturated/α-hetero) is 1. The Balaban J connectivity index is 2.47. The van der Waals surface area contributed by atoms with E-state index in [1.165, 1.54) is 4.88 Å². The fourth-order valence-corrected chi connectivity index (χ4v) is 2.99. The largest absolute Gasteiger partial charge is 0.444 e. The average Bonchev–Trinajstić information content (AvgIpc) is 2.94. The Morgan fingerprint density at radius 2 is 2.04 bits per heavy atom. The summed E-state index contributed by atoms with van der Waals surface area (Å²) in [5, 5.41) is 4.79. The molecule has 0 fully saturated rings. The number of unbranched alkanes of at least 4 members (excludes halogenated alkanes) is 1. The SMILES string of the molecule is CCCCC(NC(=O)OC(C)(C)C)C(=O)CCCc1cccs1. The number of aryl methyl sites for hydroxylation is 1. The second-order valence-corrected chi connectivity index (χ2v) is 7.77. The third kappa shape index (κ3) is 8.74. The van der Waals surface area contributed by atoms with Crippen LogP contribution in [0, 0.1) is 0 Å². The number of amides is 1. The highest BCUT2D eigenvalue weighted by molar-refractivity contribution is 7.09. The van der Waals surface area contributed by atoms with E-state index < -0.39 is 17.7 Å². The topological polar surface area (TPSA) is 55.4 Å². The van der Waals surface area contributed by atoms with Crippen LogP contribution in [-0.2, 0) is 16.0 Å². The van der Waals surface area contributed by atoms with E-state index in [1.807, 2.05) is 32.2 Å². The molecule has 23 heavy (non-hydrogen) atoms. The summed E-state index contributed by atoms with van der Waals surface area (Å²) in [6.45, 7) is 7.52. The molecule has 0 aliphatic carbocycles. The lowest BCUT2D eigenvalue weighted by Crippen LogP contribution is -2.43. The van der Waals surface area contributed by atoms with E-state index >= 15 is 0 Å². The van der Waals surface area contributed by atoms with Crippen molar-refractivity contribution >= 4 is 23.2 Å². The second kappa shape index (κ2) is 9.71. The number of alkyl carbamates (subject to hydrolysis) is 1. The molecule has 130 valence electrons. The first kappa shape index (κ1) is 19.7. The lowest BCUT2D eigenvalue weighted by atomic mass is 10.0. The molecular weight excluding hydrogens is 310 g/mol. The molecule has 0 aromatic carbocycles. The van der Waals surface area contributed by atoms with Gasteiger partial charge in [-0.1, -0.05) is 25.8 Å². The van der Waals surface area contributed by atoms with E-state index in [2.05, 4.69) is 18.3 Å². The molecule has 5 heteroatoms. The minimum absolute atomic E-state index is 0.0980. The highest BCUT2D eigenvalue weighted by Crippen LogP contribution is 2.14. The van der Waals surface area contributed by atoms with E-state index in [-0.39, 0.29) is 5.78 Å². The molecule has 0 radical (unpaired) electrons. The molecule has 1 heterocycles. The lowest BCUT2D eigenvalue weighted by Gasteiger charge is -2.23. The van der Waals surface area contributed by atoms with Crippen LogP contribution in [0.3, 0.4) is 0 Å². The Morgan fingerprint density at radius 3 is 2.61 bits per heavy atom. The first-order valence-corrected chi connectivity index (χ1v) is 9.24. The fraction of sp³-hybridized carbons (Fsp3) is 0.667. The Kier molecular flexibility index (Phi) is 8.31. The van der Waals surface area contributed by atoms with Crippen LogP contribution in [0.1, 0.15) is 64.7 Å². The summed E-state index contributed by atoms with van der Waals surface area (Å²) in [5.41, 5.74) is -0.554. The Labute approximate surface area is 143 Å². The average molecular weight is 340 g/mol. The fourth-order valence-electron chi connectivity index (χ4n) is 2.24. The van der Waals surface area contributed by atoms with Gasteiger partial charge in [0.15, 0.2) is 5.78 Å². The molecule has 0 aliphatic heterocycles. The number of rotatable bonds is 9. The van der Waals surface area contributed by atoms with Crippen LogP contribution in [0.4, 0.5) is 4.79 Å². The first-order valence-electron chi connectivity index (χ1n) is 8.36. The number of carbonyl (C=O) groups excluding carboxylic acids is 2. The molecule has 0 bridgehead atoms. The molecule has 1 amide bonds. The number of ketones is 1. The first-order chi connectivity index (χ1) is 10.8. The maximum Gasteiger partial charge on any atom is 0.408 e. The zero-order valence-corrected chi connectivity index (χ0v) is 15.5. The molecule has 0 saturated carbocycles. The predicted octanol–water partition coefficient (Wildman–Crippen LogP) is 4.72. The monoisotopic (exact) mass is 339 g/mol. The number of hydrogen-bond acceptors (Lipinski definition) is 4. The van der Waals surface area contributed by atoms with Crippen molar-refractivity contribution in [3.63, 3.8) is 0 Å². The minimum Gasteiger partial charge on any atom is -0.444 e. The highest BCUT2D eigenvalue weighted by atomic mass is 32.1. The van der Waals surface area contributed by atoms with Gasteiger partial charge in [-0.25, -0.2) is 4.79 Å². The Morgan fingerprint density at radius 1 is 1.30 bits per heavy atom. The van der Waals surface area contributed by atoms with Crippen LogP contribution in [0.15, 0.2) is 17.5 Å². The van der Waals surface area contributed by atoms with Crippen LogP contribution >= 0.6 is 11.3 Å². The summed E-state index contributed by atoms with van der Waals surface area (Å²) >= 11 is 1.71. The molecule has 0 spiro atoms. The van der Waals surface area contributed by atoms with Gasteiger partial charge in [-0.3, -0.25) is 4.79 Å². The van der Waals surface area contributed by atoms with Crippen molar-refractivity contribution in [1.29, 1.82) is 0 Å². The summed E-state index contributed by atoms with van der Waals surface area (Å²) in [4.78, 5) is 25.6. The van der Waals surface area contributed by atoms with E-state index in [4.69, 9.17) is 4.74 Å². The molecule has 4 nitrogen and oxygen atoms in total. The van der Waals surface area contributed by atoms with Crippen LogP contribution in [-0.4, -0.2) is 23.5 Å². The standard InChI is InChI=1S/C18H29NO3S/c1-5-6-11-15(19-17(21)22-18(2,3)4)16(20)12-7-9-14-10-8-13-23-14/h8,10,13,15H,5-7,9,11-12H2,1-4H3,(H,19,21). The predicted molar refractivity (Wildman–Crippen MR) is 94.9 cm³/mol. The maximum absolute atomic E-state index is 12.4. The van der Waals surface area contributed by atoms with E-state index in [9.17, 15) is 9.59 Å². The van der Waals surface area contributed by atoms with Crippen molar-refractivity contribution in [2.24, 2.45) is 0 Å². The number of ether oxygens (including phenoxy) is 1. The zero-order valence-electron chi connectivity index (χ0n) is 14.7. The molecule has 1 atom stereocenters. The molecule has 1 rings (SSSR count). The van der Waals surface area contributed by atoms with Crippen molar-refractivity contribution in [3.8, 4) is 0 Å². The van der Waals surface area contributed by atoms with Gasteiger partial charge in [0, 0.05) is 11.3 Å². The van der Waals surface area contributed by atoms with Gasteiger partial charge >= 0.3 is 6.09 Å². The molecule has 1 unspecified atom stereocenters. The van der Waals surface area contributed by atoms with Crippen molar-refractivity contribution in [3.05, 3.63) is 22.4 Å². The molecule has 1 aromatic heterocycles. The van der Waals surface area contributed by atoms with Crippen LogP contribution < -0.4 is 5.32 Å². The second-order valence-electron chi connectivity index (χ2n) is 6.74. The van der Waals surface area contributed by atoms with Crippen LogP contribution in [0.5, 0.6) is 0 Å². The van der Waals surface area contributed by atoms with Gasteiger partial charge in [0.1, 0.15) is 5.60 Å². The molecule has 0 aliphatic rings. The van der Waals surface area contributed by atoms with Crippen molar-refractivity contribution < 1.29 is 14.3 Å². The quantitative estimate of drug-likeness (QED) is 0.708. The molecule has 1 aromatic rings. The van der Waals surface area contributed by atoms with Crippen molar-refractivity contribution in [2.75, 3.05) is 0 Å². The van der Waals surface area contributed by atoms with E-state index in [1.54, 1.807) is 11.3 Å². The summed E-state index contributed by atoms with van der Waals surface area (Å²) < 4.78 is 5.26. The molecule has 0 saturated heterocycles. The highest BCUT2D eigenvalue weighted by Gasteiger charge is 2.23. The number of thiophene rings is 1. The number of carbonyl (C=O) groups is 2. The van der Waals surface area contributed by atoms with Gasteiger partial charge in [0.25, 0.3) is 0 Å². The van der Waals surface area contributed by atoms with Gasteiger partial charge < -0.3 is 10.1 Å². The van der Waals surface area contributed by atoms with Gasteiger partial charge in [-0.05, 0) is 51.5 Å². The molecular formula is C18H29NO3S. The minimum atomic E-state index is -0.554. The maximum atomic E-state index is 12.4. The smallest absolute Gasteiger partial charge is 0.408 e. The Bertz CT molecular complexity index is 477. The van der Waals surface area contributed by atoms with Gasteiger partial charge in [0.2, 0.25) is 0 Å². The molecule has 1 N–H and O–H groups in total. The summed E-state index contributed by atoms with van der Waals surface area (Å²) in [7, 11) is 0. The van der Waals surface area contributed by atoms with Gasteiger partial charge in [-0.2, -0.15) is 0 Å². The lowest BCUT2D eigenvalue weighted by molar-refractivity contribution is -0.121. The third-order valence-corrected chi connectivity index (χ3v) is 4.29. The number of nitrogens with one attached hydrogen (secondary N) is 1. The Hall–Kier alpha value is -1.36. The summed E-state index contributed by atoms with van der Waals surface area (Å²) in [6.07, 6.45) is 4.29. The van der Waals surface area contributed by atoms with Crippen molar-refractivity contribution in [2.45, 2.75) is 77.9 Å². The van der Waals surface area contributed by atoms with E-state index in [0.29, 0.717) is 12.8 Å². The van der Waals surface area contributed by atoms with Gasteiger partial charge in [0.05, 0.1) is 6.04 Å². The van der Waals surface area contributed by atoms with Gasteiger partial charge in [-0.15, -0.1) is 11.3 Å². The van der Waals surface area contributed by atoms with Crippen LogP contribution in [0.25, 0.3) is 0 Å². The summed E-state index contributed by atoms with van der Waals surface area (Å²) in [5.74, 6) is 0.0980. The summed E-state index contributed by atoms with van der Waals surface area (Å²) in [6, 6.07) is 3.67. The van der Waals surface area contributed by atoms with Crippen molar-refractivity contribution in [1.82, 2.24) is 5.32 Å².